The van der Waals surface area contributed by atoms with Crippen LogP contribution in [0.3, 0.4) is 0 Å². The van der Waals surface area contributed by atoms with Crippen molar-refractivity contribution in [1.29, 1.82) is 0 Å². The van der Waals surface area contributed by atoms with Crippen molar-refractivity contribution in [3.8, 4) is 0 Å². The lowest BCUT2D eigenvalue weighted by molar-refractivity contribution is -0.144. The molecule has 2 aliphatic heterocycles. The van der Waals surface area contributed by atoms with E-state index in [0.29, 0.717) is 6.04 Å². The van der Waals surface area contributed by atoms with Gasteiger partial charge in [0.15, 0.2) is 0 Å². The average Bonchev–Trinajstić information content (AvgIpc) is 2.51. The zero-order valence-electron chi connectivity index (χ0n) is 9.32. The topological polar surface area (TPSA) is 40.5 Å². The van der Waals surface area contributed by atoms with E-state index in [1.807, 2.05) is 0 Å². The smallest absolute Gasteiger partial charge is 0.308 e. The Hall–Kier alpha value is -0.570. The van der Waals surface area contributed by atoms with Gasteiger partial charge >= 0.3 is 5.97 Å². The maximum absolute atomic E-state index is 11.2. The minimum atomic E-state index is -0.575. The van der Waals surface area contributed by atoms with Gasteiger partial charge in [0.25, 0.3) is 0 Å². The summed E-state index contributed by atoms with van der Waals surface area (Å²) >= 11 is 0. The molecule has 0 amide bonds. The molecule has 2 heterocycles. The van der Waals surface area contributed by atoms with Gasteiger partial charge in [0.1, 0.15) is 0 Å². The van der Waals surface area contributed by atoms with Crippen LogP contribution in [0.4, 0.5) is 0 Å². The van der Waals surface area contributed by atoms with Crippen LogP contribution in [0.2, 0.25) is 0 Å². The Bertz CT molecular complexity index is 228. The fourth-order valence-electron chi connectivity index (χ4n) is 3.09. The number of nitrogens with zero attached hydrogens (tertiary/aromatic N) is 1. The Morgan fingerprint density at radius 3 is 2.40 bits per heavy atom. The summed E-state index contributed by atoms with van der Waals surface area (Å²) in [6.45, 7) is 2.24. The van der Waals surface area contributed by atoms with E-state index >= 15 is 0 Å². The second-order valence-corrected chi connectivity index (χ2v) is 4.89. The molecule has 0 aromatic rings. The molecule has 0 radical (unpaired) electrons. The third-order valence-electron chi connectivity index (χ3n) is 3.91. The molecule has 0 aromatic heterocycles. The van der Waals surface area contributed by atoms with E-state index in [4.69, 9.17) is 0 Å². The lowest BCUT2D eigenvalue weighted by Crippen LogP contribution is -2.42. The van der Waals surface area contributed by atoms with Crippen molar-refractivity contribution in [2.24, 2.45) is 5.92 Å². The Labute approximate surface area is 91.5 Å². The molecule has 2 atom stereocenters. The molecule has 2 fully saturated rings. The first kappa shape index (κ1) is 10.9. The Morgan fingerprint density at radius 1 is 1.00 bits per heavy atom. The summed E-state index contributed by atoms with van der Waals surface area (Å²) in [6, 6.07) is 0.326. The number of carboxylic acids is 1. The van der Waals surface area contributed by atoms with Crippen LogP contribution >= 0.6 is 0 Å². The molecule has 0 saturated carbocycles. The van der Waals surface area contributed by atoms with Crippen molar-refractivity contribution >= 4 is 5.97 Å². The third kappa shape index (κ3) is 2.51. The second kappa shape index (κ2) is 4.97. The summed E-state index contributed by atoms with van der Waals surface area (Å²) in [5.74, 6) is -0.681. The summed E-state index contributed by atoms with van der Waals surface area (Å²) in [6.07, 6.45) is 7.99. The molecule has 2 aliphatic rings. The number of hydrogen-bond donors (Lipinski definition) is 1. The second-order valence-electron chi connectivity index (χ2n) is 4.89. The number of fused-ring (bicyclic) bond motifs is 1. The number of carbonyl (C=O) groups is 1. The molecule has 3 nitrogen and oxygen atoms in total. The first-order valence-corrected chi connectivity index (χ1v) is 6.26. The van der Waals surface area contributed by atoms with Crippen LogP contribution in [-0.2, 0) is 4.79 Å². The number of rotatable bonds is 1. The normalized spacial score (nSPS) is 33.9. The standard InChI is InChI=1S/C12H21NO2/c14-12(15)10-6-3-5-9-13-8-4-1-2-7-11(10)13/h10-11H,1-9H2,(H,14,15)/t10?,11-/m1/s1. The summed E-state index contributed by atoms with van der Waals surface area (Å²) in [7, 11) is 0. The van der Waals surface area contributed by atoms with Gasteiger partial charge in [0, 0.05) is 6.04 Å². The van der Waals surface area contributed by atoms with E-state index in [1.165, 1.54) is 25.7 Å². The van der Waals surface area contributed by atoms with E-state index in [2.05, 4.69) is 4.90 Å². The molecular formula is C12H21NO2. The van der Waals surface area contributed by atoms with Gasteiger partial charge in [-0.05, 0) is 38.8 Å². The van der Waals surface area contributed by atoms with Crippen LogP contribution in [-0.4, -0.2) is 35.1 Å². The predicted molar refractivity (Wildman–Crippen MR) is 58.8 cm³/mol. The lowest BCUT2D eigenvalue weighted by Gasteiger charge is -2.31. The zero-order valence-corrected chi connectivity index (χ0v) is 9.32. The average molecular weight is 211 g/mol. The van der Waals surface area contributed by atoms with Crippen LogP contribution in [0.1, 0.15) is 44.9 Å². The van der Waals surface area contributed by atoms with Gasteiger partial charge in [-0.25, -0.2) is 0 Å². The zero-order chi connectivity index (χ0) is 10.7. The highest BCUT2D eigenvalue weighted by atomic mass is 16.4. The molecule has 1 unspecified atom stereocenters. The summed E-state index contributed by atoms with van der Waals surface area (Å²) in [4.78, 5) is 13.7. The number of hydrogen-bond acceptors (Lipinski definition) is 2. The van der Waals surface area contributed by atoms with E-state index < -0.39 is 5.97 Å². The maximum Gasteiger partial charge on any atom is 0.308 e. The fraction of sp³-hybridized carbons (Fsp3) is 0.917. The fourth-order valence-corrected chi connectivity index (χ4v) is 3.09. The van der Waals surface area contributed by atoms with Crippen molar-refractivity contribution < 1.29 is 9.90 Å². The van der Waals surface area contributed by atoms with Crippen LogP contribution in [0, 0.1) is 5.92 Å². The van der Waals surface area contributed by atoms with Crippen molar-refractivity contribution in [3.05, 3.63) is 0 Å². The predicted octanol–water partition coefficient (Wildman–Crippen LogP) is 2.12. The van der Waals surface area contributed by atoms with Crippen LogP contribution in [0.5, 0.6) is 0 Å². The molecule has 0 aliphatic carbocycles. The first-order valence-electron chi connectivity index (χ1n) is 6.26. The van der Waals surface area contributed by atoms with E-state index in [1.54, 1.807) is 0 Å². The number of aliphatic carboxylic acids is 1. The Balaban J connectivity index is 2.12. The summed E-state index contributed by atoms with van der Waals surface area (Å²) in [5, 5.41) is 9.27. The molecule has 86 valence electrons. The molecule has 2 saturated heterocycles. The minimum Gasteiger partial charge on any atom is -0.481 e. The van der Waals surface area contributed by atoms with Crippen LogP contribution in [0.15, 0.2) is 0 Å². The minimum absolute atomic E-state index is 0.106. The van der Waals surface area contributed by atoms with Crippen molar-refractivity contribution in [2.45, 2.75) is 51.0 Å². The van der Waals surface area contributed by atoms with E-state index in [-0.39, 0.29) is 5.92 Å². The molecule has 1 N–H and O–H groups in total. The highest BCUT2D eigenvalue weighted by Crippen LogP contribution is 2.29. The van der Waals surface area contributed by atoms with E-state index in [0.717, 1.165) is 32.4 Å². The quantitative estimate of drug-likeness (QED) is 0.722. The van der Waals surface area contributed by atoms with Crippen molar-refractivity contribution in [1.82, 2.24) is 4.90 Å². The molecule has 3 heteroatoms. The Morgan fingerprint density at radius 2 is 1.67 bits per heavy atom. The molecule has 15 heavy (non-hydrogen) atoms. The molecular weight excluding hydrogens is 190 g/mol. The van der Waals surface area contributed by atoms with Crippen LogP contribution < -0.4 is 0 Å². The molecule has 2 rings (SSSR count). The van der Waals surface area contributed by atoms with E-state index in [9.17, 15) is 9.90 Å². The van der Waals surface area contributed by atoms with Gasteiger partial charge in [-0.15, -0.1) is 0 Å². The monoisotopic (exact) mass is 211 g/mol. The van der Waals surface area contributed by atoms with Crippen molar-refractivity contribution in [2.75, 3.05) is 13.1 Å². The van der Waals surface area contributed by atoms with Gasteiger partial charge < -0.3 is 5.11 Å². The highest BCUT2D eigenvalue weighted by Gasteiger charge is 2.34. The number of carboxylic acid groups (broad SMARTS) is 1. The van der Waals surface area contributed by atoms with Gasteiger partial charge in [0.2, 0.25) is 0 Å². The van der Waals surface area contributed by atoms with Gasteiger partial charge in [-0.2, -0.15) is 0 Å². The Kier molecular flexibility index (Phi) is 3.62. The maximum atomic E-state index is 11.2. The van der Waals surface area contributed by atoms with Crippen molar-refractivity contribution in [3.63, 3.8) is 0 Å². The van der Waals surface area contributed by atoms with Gasteiger partial charge in [-0.3, -0.25) is 9.69 Å². The molecule has 0 aromatic carbocycles. The lowest BCUT2D eigenvalue weighted by atomic mass is 9.92. The van der Waals surface area contributed by atoms with Gasteiger partial charge in [-0.1, -0.05) is 19.3 Å². The summed E-state index contributed by atoms with van der Waals surface area (Å²) < 4.78 is 0. The highest BCUT2D eigenvalue weighted by molar-refractivity contribution is 5.70. The largest absolute Gasteiger partial charge is 0.481 e. The van der Waals surface area contributed by atoms with Gasteiger partial charge in [0.05, 0.1) is 5.92 Å². The third-order valence-corrected chi connectivity index (χ3v) is 3.91. The summed E-state index contributed by atoms with van der Waals surface area (Å²) in [5.41, 5.74) is 0. The first-order chi connectivity index (χ1) is 7.29. The molecule has 0 bridgehead atoms. The molecule has 0 spiro atoms. The SMILES string of the molecule is O=C(O)C1CCCCN2CCCCC[C@H]12. The van der Waals surface area contributed by atoms with Crippen LogP contribution in [0.25, 0.3) is 0 Å².